The fraction of sp³-hybridized carbons (Fsp3) is 0.583. The molecular formula is C12H18N2OS. The van der Waals surface area contributed by atoms with Gasteiger partial charge in [0.1, 0.15) is 0 Å². The predicted molar refractivity (Wildman–Crippen MR) is 67.5 cm³/mol. The van der Waals surface area contributed by atoms with E-state index < -0.39 is 6.10 Å². The van der Waals surface area contributed by atoms with Crippen molar-refractivity contribution < 1.29 is 5.11 Å². The summed E-state index contributed by atoms with van der Waals surface area (Å²) in [5.41, 5.74) is 0.936. The summed E-state index contributed by atoms with van der Waals surface area (Å²) < 4.78 is 0. The Morgan fingerprint density at radius 2 is 2.31 bits per heavy atom. The zero-order valence-corrected chi connectivity index (χ0v) is 10.1. The van der Waals surface area contributed by atoms with Crippen LogP contribution in [0.4, 0.5) is 0 Å². The first-order valence-electron chi connectivity index (χ1n) is 5.75. The number of aromatic nitrogens is 1. The van der Waals surface area contributed by atoms with Gasteiger partial charge in [0.05, 0.1) is 6.10 Å². The van der Waals surface area contributed by atoms with Gasteiger partial charge in [-0.15, -0.1) is 0 Å². The summed E-state index contributed by atoms with van der Waals surface area (Å²) in [7, 11) is 0. The van der Waals surface area contributed by atoms with Crippen LogP contribution in [0, 0.1) is 0 Å². The van der Waals surface area contributed by atoms with Gasteiger partial charge in [-0.1, -0.05) is 0 Å². The van der Waals surface area contributed by atoms with E-state index in [0.717, 1.165) is 5.56 Å². The van der Waals surface area contributed by atoms with Gasteiger partial charge < -0.3 is 10.4 Å². The number of rotatable bonds is 4. The normalized spacial score (nSPS) is 22.9. The average Bonchev–Trinajstić information content (AvgIpc) is 2.38. The molecule has 1 fully saturated rings. The predicted octanol–water partition coefficient (Wildman–Crippen LogP) is 1.60. The third kappa shape index (κ3) is 3.47. The van der Waals surface area contributed by atoms with E-state index in [1.165, 1.54) is 24.3 Å². The van der Waals surface area contributed by atoms with Crippen molar-refractivity contribution in [3.05, 3.63) is 30.1 Å². The number of nitrogens with zero attached hydrogens (tertiary/aromatic N) is 1. The van der Waals surface area contributed by atoms with Gasteiger partial charge in [-0.25, -0.2) is 0 Å². The van der Waals surface area contributed by atoms with Gasteiger partial charge in [-0.05, 0) is 36.3 Å². The Balaban J connectivity index is 1.77. The lowest BCUT2D eigenvalue weighted by molar-refractivity contribution is 0.170. The molecule has 1 aromatic heterocycles. The second kappa shape index (κ2) is 6.23. The molecule has 0 bridgehead atoms. The third-order valence-electron chi connectivity index (χ3n) is 2.85. The second-order valence-corrected chi connectivity index (χ2v) is 5.27. The molecule has 3 nitrogen and oxygen atoms in total. The monoisotopic (exact) mass is 238 g/mol. The van der Waals surface area contributed by atoms with Crippen molar-refractivity contribution in [3.8, 4) is 0 Å². The van der Waals surface area contributed by atoms with E-state index in [0.29, 0.717) is 12.6 Å². The van der Waals surface area contributed by atoms with Crippen molar-refractivity contribution in [1.82, 2.24) is 10.3 Å². The summed E-state index contributed by atoms with van der Waals surface area (Å²) >= 11 is 2.00. The highest BCUT2D eigenvalue weighted by Crippen LogP contribution is 2.18. The Morgan fingerprint density at radius 1 is 1.50 bits per heavy atom. The van der Waals surface area contributed by atoms with E-state index in [2.05, 4.69) is 10.3 Å². The van der Waals surface area contributed by atoms with Crippen LogP contribution in [-0.4, -0.2) is 34.2 Å². The Labute approximate surface area is 101 Å². The van der Waals surface area contributed by atoms with E-state index in [9.17, 15) is 5.11 Å². The van der Waals surface area contributed by atoms with E-state index in [1.807, 2.05) is 23.9 Å². The smallest absolute Gasteiger partial charge is 0.0915 e. The summed E-state index contributed by atoms with van der Waals surface area (Å²) in [6.45, 7) is 0.634. The molecule has 1 aliphatic rings. The molecule has 4 heteroatoms. The molecule has 1 aromatic rings. The minimum atomic E-state index is -0.421. The van der Waals surface area contributed by atoms with Crippen molar-refractivity contribution in [2.24, 2.45) is 0 Å². The van der Waals surface area contributed by atoms with E-state index in [4.69, 9.17) is 0 Å². The van der Waals surface area contributed by atoms with Gasteiger partial charge in [0.2, 0.25) is 0 Å². The van der Waals surface area contributed by atoms with Crippen LogP contribution in [0.3, 0.4) is 0 Å². The maximum Gasteiger partial charge on any atom is 0.0915 e. The highest BCUT2D eigenvalue weighted by Gasteiger charge is 2.15. The van der Waals surface area contributed by atoms with Crippen molar-refractivity contribution in [2.45, 2.75) is 25.0 Å². The van der Waals surface area contributed by atoms with Gasteiger partial charge in [0.15, 0.2) is 0 Å². The molecule has 1 aliphatic heterocycles. The number of nitrogens with one attached hydrogen (secondary N) is 1. The summed E-state index contributed by atoms with van der Waals surface area (Å²) in [4.78, 5) is 3.94. The molecule has 2 unspecified atom stereocenters. The molecule has 2 heterocycles. The SMILES string of the molecule is OC(CNC1CCCSC1)c1ccncc1. The van der Waals surface area contributed by atoms with E-state index in [1.54, 1.807) is 12.4 Å². The maximum atomic E-state index is 9.95. The Hall–Kier alpha value is -0.580. The molecule has 0 spiro atoms. The number of hydrogen-bond donors (Lipinski definition) is 2. The average molecular weight is 238 g/mol. The topological polar surface area (TPSA) is 45.1 Å². The quantitative estimate of drug-likeness (QED) is 0.836. The van der Waals surface area contributed by atoms with Gasteiger partial charge in [-0.2, -0.15) is 11.8 Å². The molecule has 0 radical (unpaired) electrons. The lowest BCUT2D eigenvalue weighted by Crippen LogP contribution is -2.36. The molecular weight excluding hydrogens is 220 g/mol. The van der Waals surface area contributed by atoms with Crippen LogP contribution in [-0.2, 0) is 0 Å². The minimum Gasteiger partial charge on any atom is -0.387 e. The highest BCUT2D eigenvalue weighted by atomic mass is 32.2. The van der Waals surface area contributed by atoms with E-state index in [-0.39, 0.29) is 0 Å². The molecule has 88 valence electrons. The third-order valence-corrected chi connectivity index (χ3v) is 4.07. The summed E-state index contributed by atoms with van der Waals surface area (Å²) in [5, 5.41) is 13.4. The lowest BCUT2D eigenvalue weighted by Gasteiger charge is -2.24. The Kier molecular flexibility index (Phi) is 4.63. The van der Waals surface area contributed by atoms with Gasteiger partial charge in [-0.3, -0.25) is 4.98 Å². The largest absolute Gasteiger partial charge is 0.387 e. The van der Waals surface area contributed by atoms with Gasteiger partial charge >= 0.3 is 0 Å². The molecule has 1 saturated heterocycles. The summed E-state index contributed by atoms with van der Waals surface area (Å²) in [5.74, 6) is 2.45. The van der Waals surface area contributed by atoms with Crippen molar-refractivity contribution in [3.63, 3.8) is 0 Å². The van der Waals surface area contributed by atoms with Crippen LogP contribution in [0.15, 0.2) is 24.5 Å². The molecule has 16 heavy (non-hydrogen) atoms. The van der Waals surface area contributed by atoms with Crippen molar-refractivity contribution in [1.29, 1.82) is 0 Å². The first kappa shape index (κ1) is 11.9. The Morgan fingerprint density at radius 3 is 3.00 bits per heavy atom. The Bertz CT molecular complexity index is 301. The van der Waals surface area contributed by atoms with Crippen LogP contribution in [0.5, 0.6) is 0 Å². The molecule has 0 saturated carbocycles. The molecule has 0 aromatic carbocycles. The van der Waals surface area contributed by atoms with Crippen molar-refractivity contribution in [2.75, 3.05) is 18.1 Å². The fourth-order valence-electron chi connectivity index (χ4n) is 1.88. The zero-order valence-electron chi connectivity index (χ0n) is 9.30. The second-order valence-electron chi connectivity index (χ2n) is 4.12. The first-order chi connectivity index (χ1) is 7.86. The van der Waals surface area contributed by atoms with E-state index >= 15 is 0 Å². The van der Waals surface area contributed by atoms with Crippen LogP contribution in [0.2, 0.25) is 0 Å². The number of aliphatic hydroxyl groups excluding tert-OH is 1. The van der Waals surface area contributed by atoms with Crippen LogP contribution < -0.4 is 5.32 Å². The van der Waals surface area contributed by atoms with Crippen LogP contribution in [0.1, 0.15) is 24.5 Å². The standard InChI is InChI=1S/C12H18N2OS/c15-12(10-3-5-13-6-4-10)8-14-11-2-1-7-16-9-11/h3-6,11-12,14-15H,1-2,7-9H2. The fourth-order valence-corrected chi connectivity index (χ4v) is 2.99. The number of thioether (sulfide) groups is 1. The van der Waals surface area contributed by atoms with Crippen LogP contribution >= 0.6 is 11.8 Å². The highest BCUT2D eigenvalue weighted by molar-refractivity contribution is 7.99. The van der Waals surface area contributed by atoms with Crippen LogP contribution in [0.25, 0.3) is 0 Å². The number of pyridine rings is 1. The molecule has 2 atom stereocenters. The molecule has 0 amide bonds. The molecule has 2 rings (SSSR count). The van der Waals surface area contributed by atoms with Crippen molar-refractivity contribution >= 4 is 11.8 Å². The molecule has 0 aliphatic carbocycles. The lowest BCUT2D eigenvalue weighted by atomic mass is 10.1. The number of aliphatic hydroxyl groups is 1. The van der Waals surface area contributed by atoms with Gasteiger partial charge in [0, 0.05) is 30.7 Å². The first-order valence-corrected chi connectivity index (χ1v) is 6.91. The molecule has 2 N–H and O–H groups in total. The summed E-state index contributed by atoms with van der Waals surface area (Å²) in [6.07, 6.45) is 5.53. The maximum absolute atomic E-state index is 9.95. The zero-order chi connectivity index (χ0) is 11.2. The summed E-state index contributed by atoms with van der Waals surface area (Å²) in [6, 6.07) is 4.29. The minimum absolute atomic E-state index is 0.421. The number of hydrogen-bond acceptors (Lipinski definition) is 4. The van der Waals surface area contributed by atoms with Gasteiger partial charge in [0.25, 0.3) is 0 Å².